The third kappa shape index (κ3) is 1.04. The monoisotopic (exact) mass is 162 g/mol. The van der Waals surface area contributed by atoms with E-state index in [2.05, 4.69) is 42.5 Å². The van der Waals surface area contributed by atoms with Crippen LogP contribution in [0.1, 0.15) is 5.56 Å². The maximum absolute atomic E-state index is 3.41. The Morgan fingerprint density at radius 3 is 2.92 bits per heavy atom. The second-order valence-electron chi connectivity index (χ2n) is 3.38. The first-order valence-electron chi connectivity index (χ1n) is 4.32. The van der Waals surface area contributed by atoms with Crippen LogP contribution in [-0.4, -0.2) is 20.6 Å². The molecule has 0 aliphatic carbocycles. The molecule has 0 spiro atoms. The zero-order valence-electron chi connectivity index (χ0n) is 7.59. The first-order valence-corrected chi connectivity index (χ1v) is 4.32. The van der Waals surface area contributed by atoms with E-state index in [9.17, 15) is 0 Å². The highest BCUT2D eigenvalue weighted by molar-refractivity contribution is 5.75. The molecule has 1 N–H and O–H groups in total. The molecule has 1 heterocycles. The van der Waals surface area contributed by atoms with Crippen LogP contribution in [-0.2, 0) is 6.42 Å². The van der Waals surface area contributed by atoms with Crippen molar-refractivity contribution in [1.29, 1.82) is 0 Å². The van der Waals surface area contributed by atoms with Crippen molar-refractivity contribution < 1.29 is 0 Å². The molecule has 12 heavy (non-hydrogen) atoms. The number of hydrogen-bond donors (Lipinski definition) is 1. The predicted molar refractivity (Wildman–Crippen MR) is 53.0 cm³/mol. The van der Waals surface area contributed by atoms with Crippen molar-refractivity contribution in [2.24, 2.45) is 0 Å². The summed E-state index contributed by atoms with van der Waals surface area (Å²) in [6, 6.07) is 6.47. The van der Waals surface area contributed by atoms with Crippen LogP contribution in [0.15, 0.2) is 18.2 Å². The minimum absolute atomic E-state index is 1.08. The van der Waals surface area contributed by atoms with Gasteiger partial charge in [-0.2, -0.15) is 0 Å². The molecule has 1 aliphatic rings. The van der Waals surface area contributed by atoms with E-state index in [-0.39, 0.29) is 0 Å². The molecular weight excluding hydrogens is 148 g/mol. The van der Waals surface area contributed by atoms with Gasteiger partial charge in [-0.25, -0.2) is 0 Å². The normalized spacial score (nSPS) is 13.8. The third-order valence-electron chi connectivity index (χ3n) is 2.31. The summed E-state index contributed by atoms with van der Waals surface area (Å²) in [6.07, 6.45) is 1.16. The Kier molecular flexibility index (Phi) is 1.68. The van der Waals surface area contributed by atoms with Crippen molar-refractivity contribution in [3.05, 3.63) is 23.8 Å². The Morgan fingerprint density at radius 1 is 1.33 bits per heavy atom. The van der Waals surface area contributed by atoms with Gasteiger partial charge < -0.3 is 10.2 Å². The van der Waals surface area contributed by atoms with Gasteiger partial charge in [0.25, 0.3) is 0 Å². The van der Waals surface area contributed by atoms with E-state index in [1.165, 1.54) is 16.9 Å². The lowest BCUT2D eigenvalue weighted by atomic mass is 10.1. The largest absolute Gasteiger partial charge is 0.383 e. The molecule has 1 aromatic rings. The van der Waals surface area contributed by atoms with Crippen molar-refractivity contribution >= 4 is 11.4 Å². The molecule has 0 unspecified atom stereocenters. The van der Waals surface area contributed by atoms with Gasteiger partial charge in [-0.15, -0.1) is 0 Å². The smallest absolute Gasteiger partial charge is 0.0611 e. The van der Waals surface area contributed by atoms with E-state index in [4.69, 9.17) is 0 Å². The number of rotatable bonds is 1. The average Bonchev–Trinajstić information content (AvgIpc) is 2.49. The van der Waals surface area contributed by atoms with Gasteiger partial charge in [-0.05, 0) is 18.1 Å². The van der Waals surface area contributed by atoms with Crippen molar-refractivity contribution in [1.82, 2.24) is 0 Å². The molecule has 1 aliphatic heterocycles. The lowest BCUT2D eigenvalue weighted by molar-refractivity contribution is 1.11. The Morgan fingerprint density at radius 2 is 2.17 bits per heavy atom. The van der Waals surface area contributed by atoms with Crippen LogP contribution >= 0.6 is 0 Å². The van der Waals surface area contributed by atoms with Crippen LogP contribution in [0, 0.1) is 0 Å². The lowest BCUT2D eigenvalue weighted by Crippen LogP contribution is -2.10. The maximum atomic E-state index is 3.41. The fourth-order valence-electron chi connectivity index (χ4n) is 1.69. The van der Waals surface area contributed by atoms with Gasteiger partial charge in [0, 0.05) is 20.6 Å². The molecule has 0 radical (unpaired) electrons. The van der Waals surface area contributed by atoms with E-state index in [1.54, 1.807) is 0 Å². The second-order valence-corrected chi connectivity index (χ2v) is 3.38. The molecule has 1 aromatic carbocycles. The topological polar surface area (TPSA) is 15.3 Å². The molecule has 0 atom stereocenters. The van der Waals surface area contributed by atoms with Crippen LogP contribution in [0.25, 0.3) is 0 Å². The number of benzene rings is 1. The van der Waals surface area contributed by atoms with E-state index < -0.39 is 0 Å². The lowest BCUT2D eigenvalue weighted by Gasteiger charge is -2.16. The number of anilines is 2. The van der Waals surface area contributed by atoms with Crippen LogP contribution in [0.3, 0.4) is 0 Å². The quantitative estimate of drug-likeness (QED) is 0.676. The Bertz CT molecular complexity index is 292. The molecule has 0 saturated carbocycles. The molecular formula is C10H14N2. The molecule has 2 heteroatoms. The Labute approximate surface area is 73.2 Å². The van der Waals surface area contributed by atoms with Gasteiger partial charge in [-0.3, -0.25) is 0 Å². The standard InChI is InChI=1S/C10H14N2/c1-12(2)9-5-3-4-8-6-7-11-10(8)9/h3-5,11H,6-7H2,1-2H3. The highest BCUT2D eigenvalue weighted by Crippen LogP contribution is 2.31. The summed E-state index contributed by atoms with van der Waals surface area (Å²) in [5.74, 6) is 0. The fourth-order valence-corrected chi connectivity index (χ4v) is 1.69. The molecule has 2 rings (SSSR count). The Hall–Kier alpha value is -1.18. The van der Waals surface area contributed by atoms with Crippen LogP contribution in [0.4, 0.5) is 11.4 Å². The van der Waals surface area contributed by atoms with Gasteiger partial charge in [0.15, 0.2) is 0 Å². The summed E-state index contributed by atoms with van der Waals surface area (Å²) in [5, 5.41) is 3.41. The van der Waals surface area contributed by atoms with Gasteiger partial charge in [0.2, 0.25) is 0 Å². The molecule has 0 bridgehead atoms. The average molecular weight is 162 g/mol. The van der Waals surface area contributed by atoms with Gasteiger partial charge in [0.1, 0.15) is 0 Å². The SMILES string of the molecule is CN(C)c1cccc2c1NCC2. The summed E-state index contributed by atoms with van der Waals surface area (Å²) in [7, 11) is 4.16. The highest BCUT2D eigenvalue weighted by Gasteiger charge is 2.13. The molecule has 0 fully saturated rings. The van der Waals surface area contributed by atoms with Gasteiger partial charge >= 0.3 is 0 Å². The molecule has 2 nitrogen and oxygen atoms in total. The summed E-state index contributed by atoms with van der Waals surface area (Å²) < 4.78 is 0. The van der Waals surface area contributed by atoms with Crippen molar-refractivity contribution in [3.8, 4) is 0 Å². The minimum atomic E-state index is 1.08. The first-order chi connectivity index (χ1) is 5.79. The van der Waals surface area contributed by atoms with Crippen LogP contribution < -0.4 is 10.2 Å². The number of nitrogens with zero attached hydrogens (tertiary/aromatic N) is 1. The van der Waals surface area contributed by atoms with E-state index in [0.717, 1.165) is 13.0 Å². The third-order valence-corrected chi connectivity index (χ3v) is 2.31. The number of nitrogens with one attached hydrogen (secondary N) is 1. The first kappa shape index (κ1) is 7.47. The van der Waals surface area contributed by atoms with E-state index >= 15 is 0 Å². The van der Waals surface area contributed by atoms with Crippen LogP contribution in [0.2, 0.25) is 0 Å². The zero-order valence-corrected chi connectivity index (χ0v) is 7.59. The Balaban J connectivity index is 2.49. The van der Waals surface area contributed by atoms with Crippen molar-refractivity contribution in [2.75, 3.05) is 30.9 Å². The summed E-state index contributed by atoms with van der Waals surface area (Å²) in [6.45, 7) is 1.08. The highest BCUT2D eigenvalue weighted by atomic mass is 15.1. The molecule has 0 aromatic heterocycles. The minimum Gasteiger partial charge on any atom is -0.383 e. The number of hydrogen-bond acceptors (Lipinski definition) is 2. The van der Waals surface area contributed by atoms with Crippen LogP contribution in [0.5, 0.6) is 0 Å². The maximum Gasteiger partial charge on any atom is 0.0611 e. The zero-order chi connectivity index (χ0) is 8.55. The van der Waals surface area contributed by atoms with Gasteiger partial charge in [0.05, 0.1) is 11.4 Å². The van der Waals surface area contributed by atoms with E-state index in [1.807, 2.05) is 0 Å². The second kappa shape index (κ2) is 2.70. The summed E-state index contributed by atoms with van der Waals surface area (Å²) >= 11 is 0. The van der Waals surface area contributed by atoms with E-state index in [0.29, 0.717) is 0 Å². The fraction of sp³-hybridized carbons (Fsp3) is 0.400. The number of fused-ring (bicyclic) bond motifs is 1. The summed E-state index contributed by atoms with van der Waals surface area (Å²) in [5.41, 5.74) is 4.06. The molecule has 0 amide bonds. The van der Waals surface area contributed by atoms with Crippen molar-refractivity contribution in [3.63, 3.8) is 0 Å². The van der Waals surface area contributed by atoms with Crippen molar-refractivity contribution in [2.45, 2.75) is 6.42 Å². The molecule has 0 saturated heterocycles. The molecule has 64 valence electrons. The number of para-hydroxylation sites is 1. The summed E-state index contributed by atoms with van der Waals surface area (Å²) in [4.78, 5) is 2.15. The van der Waals surface area contributed by atoms with Gasteiger partial charge in [-0.1, -0.05) is 12.1 Å². The predicted octanol–water partition coefficient (Wildman–Crippen LogP) is 1.72.